The second-order valence-corrected chi connectivity index (χ2v) is 10.2. The van der Waals surface area contributed by atoms with Gasteiger partial charge in [0, 0.05) is 43.7 Å². The summed E-state index contributed by atoms with van der Waals surface area (Å²) < 4.78 is 27.1. The number of nitrogens with zero attached hydrogens (tertiary/aromatic N) is 2. The van der Waals surface area contributed by atoms with Crippen LogP contribution in [0.3, 0.4) is 0 Å². The predicted octanol–water partition coefficient (Wildman–Crippen LogP) is 3.81. The quantitative estimate of drug-likeness (QED) is 0.726. The largest absolute Gasteiger partial charge is 0.497 e. The summed E-state index contributed by atoms with van der Waals surface area (Å²) in [6.07, 6.45) is 6.58. The fourth-order valence-electron chi connectivity index (χ4n) is 5.46. The van der Waals surface area contributed by atoms with Crippen molar-refractivity contribution in [1.29, 1.82) is 0 Å². The van der Waals surface area contributed by atoms with E-state index < -0.39 is 0 Å². The molecule has 6 heteroatoms. The van der Waals surface area contributed by atoms with Crippen LogP contribution in [-0.2, 0) is 4.74 Å². The van der Waals surface area contributed by atoms with Crippen LogP contribution in [-0.4, -0.2) is 61.7 Å². The molecule has 148 valence electrons. The number of methoxy groups -OCH3 is 1. The summed E-state index contributed by atoms with van der Waals surface area (Å²) in [5, 5.41) is 0. The number of likely N-dealkylation sites (tertiary alicyclic amines) is 1. The summed E-state index contributed by atoms with van der Waals surface area (Å²) in [5.74, 6) is 0.389. The third kappa shape index (κ3) is 3.39. The molecule has 1 aliphatic carbocycles. The highest BCUT2D eigenvalue weighted by Gasteiger charge is 2.53. The van der Waals surface area contributed by atoms with Crippen molar-refractivity contribution in [3.8, 4) is 5.75 Å². The lowest BCUT2D eigenvalue weighted by Gasteiger charge is -2.57. The molecule has 2 spiro atoms. The van der Waals surface area contributed by atoms with Crippen molar-refractivity contribution < 1.29 is 13.9 Å². The molecule has 5 rings (SSSR count). The molecule has 27 heavy (non-hydrogen) atoms. The molecule has 4 nitrogen and oxygen atoms in total. The summed E-state index contributed by atoms with van der Waals surface area (Å²) >= 11 is 1.56. The van der Waals surface area contributed by atoms with Gasteiger partial charge in [0.05, 0.1) is 25.2 Å². The second-order valence-electron chi connectivity index (χ2n) is 9.11. The minimum absolute atomic E-state index is 0.188. The topological polar surface area (TPSA) is 24.9 Å². The number of piperidine rings is 1. The van der Waals surface area contributed by atoms with E-state index in [1.165, 1.54) is 51.3 Å². The van der Waals surface area contributed by atoms with Gasteiger partial charge >= 0.3 is 0 Å². The van der Waals surface area contributed by atoms with Crippen LogP contribution in [0.25, 0.3) is 0 Å². The van der Waals surface area contributed by atoms with Gasteiger partial charge in [0.15, 0.2) is 0 Å². The van der Waals surface area contributed by atoms with Crippen molar-refractivity contribution in [2.45, 2.75) is 43.0 Å². The normalized spacial score (nSPS) is 29.6. The smallest absolute Gasteiger partial charge is 0.141 e. The summed E-state index contributed by atoms with van der Waals surface area (Å²) in [7, 11) is 1.57. The van der Waals surface area contributed by atoms with E-state index in [0.29, 0.717) is 21.5 Å². The molecule has 3 aliphatic heterocycles. The first-order valence-corrected chi connectivity index (χ1v) is 10.9. The van der Waals surface area contributed by atoms with Gasteiger partial charge in [0.25, 0.3) is 0 Å². The highest BCUT2D eigenvalue weighted by Crippen LogP contribution is 2.51. The van der Waals surface area contributed by atoms with Crippen molar-refractivity contribution >= 4 is 11.9 Å². The fourth-order valence-corrected chi connectivity index (χ4v) is 6.38. The first-order valence-electron chi connectivity index (χ1n) is 10.2. The molecule has 1 unspecified atom stereocenters. The zero-order valence-electron chi connectivity index (χ0n) is 16.1. The molecular formula is C21H29FN2O2S. The summed E-state index contributed by atoms with van der Waals surface area (Å²) in [4.78, 5) is 3.41. The molecule has 1 saturated carbocycles. The molecule has 0 N–H and O–H groups in total. The molecule has 0 aromatic heterocycles. The van der Waals surface area contributed by atoms with Crippen LogP contribution in [0.4, 0.5) is 4.39 Å². The molecule has 3 saturated heterocycles. The van der Waals surface area contributed by atoms with Gasteiger partial charge < -0.3 is 9.47 Å². The minimum Gasteiger partial charge on any atom is -0.497 e. The highest BCUT2D eigenvalue weighted by molar-refractivity contribution is 7.97. The molecule has 4 fully saturated rings. The van der Waals surface area contributed by atoms with E-state index in [1.807, 2.05) is 12.1 Å². The Morgan fingerprint density at radius 3 is 2.56 bits per heavy atom. The molecule has 1 aromatic rings. The van der Waals surface area contributed by atoms with Crippen LogP contribution in [0, 0.1) is 16.6 Å². The Balaban J connectivity index is 1.13. The van der Waals surface area contributed by atoms with Crippen LogP contribution in [0.1, 0.15) is 32.1 Å². The monoisotopic (exact) mass is 392 g/mol. The molecular weight excluding hydrogens is 363 g/mol. The Hall–Kier alpha value is -0.820. The van der Waals surface area contributed by atoms with Crippen LogP contribution < -0.4 is 4.74 Å². The van der Waals surface area contributed by atoms with E-state index in [9.17, 15) is 4.39 Å². The van der Waals surface area contributed by atoms with Crippen LogP contribution in [0.2, 0.25) is 0 Å². The van der Waals surface area contributed by atoms with Gasteiger partial charge in [-0.25, -0.2) is 8.70 Å². The van der Waals surface area contributed by atoms with Gasteiger partial charge in [-0.1, -0.05) is 0 Å². The lowest BCUT2D eigenvalue weighted by molar-refractivity contribution is -0.198. The summed E-state index contributed by atoms with van der Waals surface area (Å²) in [6, 6.07) is 5.93. The van der Waals surface area contributed by atoms with E-state index in [0.717, 1.165) is 32.3 Å². The SMILES string of the molecule is COc1ccc(SN2CCC3(CCC(N4CC5(COC5)C4)C3)CC2)c(F)c1. The maximum absolute atomic E-state index is 14.2. The Morgan fingerprint density at radius 1 is 1.15 bits per heavy atom. The van der Waals surface area contributed by atoms with Gasteiger partial charge in [-0.2, -0.15) is 0 Å². The maximum atomic E-state index is 14.2. The lowest BCUT2D eigenvalue weighted by atomic mass is 9.75. The zero-order valence-corrected chi connectivity index (χ0v) is 16.9. The Bertz CT molecular complexity index is 695. The minimum atomic E-state index is -0.188. The van der Waals surface area contributed by atoms with E-state index in [2.05, 4.69) is 9.21 Å². The standard InChI is InChI=1S/C21H29FN2O2S/c1-25-17-2-3-19(18(22)10-17)27-24-8-6-20(7-9-24)5-4-16(11-20)23-12-21(13-23)14-26-15-21/h2-3,10,16H,4-9,11-15H2,1H3. The Morgan fingerprint density at radius 2 is 1.93 bits per heavy atom. The number of hydrogen-bond donors (Lipinski definition) is 0. The second kappa shape index (κ2) is 6.90. The van der Waals surface area contributed by atoms with E-state index in [4.69, 9.17) is 9.47 Å². The van der Waals surface area contributed by atoms with Crippen molar-refractivity contribution in [3.05, 3.63) is 24.0 Å². The van der Waals surface area contributed by atoms with Crippen molar-refractivity contribution in [2.24, 2.45) is 10.8 Å². The number of hydrogen-bond acceptors (Lipinski definition) is 5. The lowest BCUT2D eigenvalue weighted by Crippen LogP contribution is -2.67. The summed E-state index contributed by atoms with van der Waals surface area (Å²) in [6.45, 7) is 6.59. The number of benzene rings is 1. The first-order chi connectivity index (χ1) is 13.1. The fraction of sp³-hybridized carbons (Fsp3) is 0.714. The van der Waals surface area contributed by atoms with E-state index >= 15 is 0 Å². The van der Waals surface area contributed by atoms with Crippen LogP contribution in [0.15, 0.2) is 23.1 Å². The van der Waals surface area contributed by atoms with Crippen molar-refractivity contribution in [2.75, 3.05) is 46.5 Å². The van der Waals surface area contributed by atoms with Crippen molar-refractivity contribution in [3.63, 3.8) is 0 Å². The molecule has 3 heterocycles. The van der Waals surface area contributed by atoms with E-state index in [1.54, 1.807) is 19.1 Å². The number of halogens is 1. The molecule has 0 bridgehead atoms. The number of ether oxygens (including phenoxy) is 2. The van der Waals surface area contributed by atoms with Gasteiger partial charge in [-0.3, -0.25) is 4.90 Å². The average Bonchev–Trinajstić information content (AvgIpc) is 3.00. The van der Waals surface area contributed by atoms with Gasteiger partial charge in [0.1, 0.15) is 11.6 Å². The Labute approximate surface area is 165 Å². The van der Waals surface area contributed by atoms with Crippen molar-refractivity contribution in [1.82, 2.24) is 9.21 Å². The predicted molar refractivity (Wildman–Crippen MR) is 105 cm³/mol. The molecule has 4 aliphatic rings. The van der Waals surface area contributed by atoms with Crippen LogP contribution >= 0.6 is 11.9 Å². The molecule has 0 amide bonds. The van der Waals surface area contributed by atoms with Crippen LogP contribution in [0.5, 0.6) is 5.75 Å². The number of rotatable bonds is 4. The third-order valence-electron chi connectivity index (χ3n) is 7.24. The first kappa shape index (κ1) is 18.2. The van der Waals surface area contributed by atoms with Gasteiger partial charge in [-0.15, -0.1) is 0 Å². The Kier molecular flexibility index (Phi) is 4.66. The average molecular weight is 393 g/mol. The molecule has 1 atom stereocenters. The maximum Gasteiger partial charge on any atom is 0.141 e. The third-order valence-corrected chi connectivity index (χ3v) is 8.39. The van der Waals surface area contributed by atoms with E-state index in [-0.39, 0.29) is 5.82 Å². The van der Waals surface area contributed by atoms with Gasteiger partial charge in [0.2, 0.25) is 0 Å². The molecule has 1 aromatic carbocycles. The van der Waals surface area contributed by atoms with Gasteiger partial charge in [-0.05, 0) is 61.6 Å². The highest BCUT2D eigenvalue weighted by atomic mass is 32.2. The zero-order chi connectivity index (χ0) is 18.5. The summed E-state index contributed by atoms with van der Waals surface area (Å²) in [5.41, 5.74) is 1.05. The molecule has 0 radical (unpaired) electrons.